The zero-order chi connectivity index (χ0) is 23.1. The van der Waals surface area contributed by atoms with Crippen LogP contribution in [0.1, 0.15) is 51.1 Å². The van der Waals surface area contributed by atoms with Crippen LogP contribution in [0.15, 0.2) is 22.7 Å². The van der Waals surface area contributed by atoms with Crippen molar-refractivity contribution in [3.8, 4) is 5.95 Å². The van der Waals surface area contributed by atoms with Crippen LogP contribution in [0.25, 0.3) is 16.9 Å². The number of benzene rings is 1. The molecule has 176 valence electrons. The van der Waals surface area contributed by atoms with Gasteiger partial charge in [0, 0.05) is 44.9 Å². The molecule has 0 spiro atoms. The molecule has 5 rings (SSSR count). The van der Waals surface area contributed by atoms with Gasteiger partial charge < -0.3 is 14.3 Å². The molecule has 2 saturated heterocycles. The highest BCUT2D eigenvalue weighted by Crippen LogP contribution is 2.29. The number of hydrogen-bond donors (Lipinski definition) is 0. The van der Waals surface area contributed by atoms with Crippen molar-refractivity contribution in [1.29, 1.82) is 0 Å². The Balaban J connectivity index is 1.25. The van der Waals surface area contributed by atoms with Crippen LogP contribution >= 0.6 is 0 Å². The maximum atomic E-state index is 14.6. The number of carbonyl (C=O) groups is 1. The van der Waals surface area contributed by atoms with Gasteiger partial charge in [0.2, 0.25) is 11.8 Å². The highest BCUT2D eigenvalue weighted by Gasteiger charge is 2.30. The van der Waals surface area contributed by atoms with Gasteiger partial charge in [-0.25, -0.2) is 4.39 Å². The van der Waals surface area contributed by atoms with Crippen LogP contribution in [-0.2, 0) is 11.2 Å². The second-order valence-electron chi connectivity index (χ2n) is 9.81. The number of likely N-dealkylation sites (tertiary alicyclic amines) is 2. The first-order chi connectivity index (χ1) is 15.9. The molecule has 0 N–H and O–H groups in total. The quantitative estimate of drug-likeness (QED) is 0.568. The van der Waals surface area contributed by atoms with E-state index < -0.39 is 0 Å². The number of para-hydroxylation sites is 1. The SMILES string of the molecule is CC(=O)N1CC[C@H](CN2CC[C@@H](Cc3nc(-n4nc(C(C)C)c5cccc(F)c54)no3)C2)C1. The van der Waals surface area contributed by atoms with E-state index in [9.17, 15) is 9.18 Å². The predicted molar refractivity (Wildman–Crippen MR) is 122 cm³/mol. The maximum Gasteiger partial charge on any atom is 0.291 e. The standard InChI is InChI=1S/C24H31FN6O2/c1-15(2)22-19-5-4-6-20(25)23(19)31(27-22)24-26-21(33-28-24)11-17-7-9-29(12-17)13-18-8-10-30(14-18)16(3)32/h4-6,15,17-18H,7-14H2,1-3H3/t17-,18+/m0/s1. The van der Waals surface area contributed by atoms with Gasteiger partial charge >= 0.3 is 0 Å². The minimum atomic E-state index is -0.347. The lowest BCUT2D eigenvalue weighted by Gasteiger charge is -2.20. The smallest absolute Gasteiger partial charge is 0.291 e. The van der Waals surface area contributed by atoms with E-state index in [0.717, 1.165) is 56.6 Å². The van der Waals surface area contributed by atoms with Gasteiger partial charge in [-0.1, -0.05) is 26.0 Å². The molecule has 2 atom stereocenters. The largest absolute Gasteiger partial charge is 0.343 e. The minimum Gasteiger partial charge on any atom is -0.343 e. The second-order valence-corrected chi connectivity index (χ2v) is 9.81. The lowest BCUT2D eigenvalue weighted by Crippen LogP contribution is -2.31. The summed E-state index contributed by atoms with van der Waals surface area (Å²) < 4.78 is 21.7. The number of fused-ring (bicyclic) bond motifs is 1. The maximum absolute atomic E-state index is 14.6. The first-order valence-corrected chi connectivity index (χ1v) is 11.9. The van der Waals surface area contributed by atoms with Crippen LogP contribution < -0.4 is 0 Å². The summed E-state index contributed by atoms with van der Waals surface area (Å²) in [5.41, 5.74) is 1.20. The van der Waals surface area contributed by atoms with Crippen molar-refractivity contribution in [3.63, 3.8) is 0 Å². The topological polar surface area (TPSA) is 80.3 Å². The van der Waals surface area contributed by atoms with Crippen molar-refractivity contribution < 1.29 is 13.7 Å². The van der Waals surface area contributed by atoms with Crippen LogP contribution in [0.5, 0.6) is 0 Å². The predicted octanol–water partition coefficient (Wildman–Crippen LogP) is 3.40. The Kier molecular flexibility index (Phi) is 5.90. The molecule has 0 saturated carbocycles. The third kappa shape index (κ3) is 4.38. The Morgan fingerprint density at radius 2 is 2.03 bits per heavy atom. The first kappa shape index (κ1) is 22.0. The van der Waals surface area contributed by atoms with Crippen LogP contribution in [0.4, 0.5) is 4.39 Å². The number of aromatic nitrogens is 4. The number of rotatable bonds is 6. The van der Waals surface area contributed by atoms with Crippen molar-refractivity contribution in [2.45, 2.75) is 46.0 Å². The Morgan fingerprint density at radius 1 is 1.21 bits per heavy atom. The zero-order valence-corrected chi connectivity index (χ0v) is 19.5. The number of hydrogen-bond acceptors (Lipinski definition) is 6. The van der Waals surface area contributed by atoms with E-state index in [0.29, 0.717) is 29.7 Å². The van der Waals surface area contributed by atoms with E-state index in [4.69, 9.17) is 4.52 Å². The summed E-state index contributed by atoms with van der Waals surface area (Å²) in [5, 5.41) is 9.50. The van der Waals surface area contributed by atoms with Gasteiger partial charge in [0.15, 0.2) is 0 Å². The molecule has 0 radical (unpaired) electrons. The lowest BCUT2D eigenvalue weighted by atomic mass is 10.1. The van der Waals surface area contributed by atoms with Crippen LogP contribution in [-0.4, -0.2) is 68.4 Å². The average Bonchev–Trinajstić information content (AvgIpc) is 3.55. The fourth-order valence-corrected chi connectivity index (χ4v) is 5.26. The van der Waals surface area contributed by atoms with E-state index in [1.165, 1.54) is 10.7 Å². The Labute approximate surface area is 192 Å². The number of carbonyl (C=O) groups excluding carboxylic acids is 1. The molecule has 0 aliphatic carbocycles. The van der Waals surface area contributed by atoms with Gasteiger partial charge in [-0.05, 0) is 48.4 Å². The van der Waals surface area contributed by atoms with E-state index in [1.807, 2.05) is 24.8 Å². The highest BCUT2D eigenvalue weighted by atomic mass is 19.1. The van der Waals surface area contributed by atoms with E-state index >= 15 is 0 Å². The van der Waals surface area contributed by atoms with E-state index in [-0.39, 0.29) is 23.6 Å². The molecule has 33 heavy (non-hydrogen) atoms. The van der Waals surface area contributed by atoms with Crippen molar-refractivity contribution in [1.82, 2.24) is 29.7 Å². The van der Waals surface area contributed by atoms with Gasteiger partial charge in [-0.2, -0.15) is 14.8 Å². The fourth-order valence-electron chi connectivity index (χ4n) is 5.26. The summed E-state index contributed by atoms with van der Waals surface area (Å²) in [6.07, 6.45) is 2.87. The van der Waals surface area contributed by atoms with Crippen molar-refractivity contribution in [2.24, 2.45) is 11.8 Å². The molecule has 2 aromatic heterocycles. The van der Waals surface area contributed by atoms with Crippen LogP contribution in [0, 0.1) is 17.7 Å². The molecule has 0 bridgehead atoms. The molecule has 1 aromatic carbocycles. The molecule has 8 nitrogen and oxygen atoms in total. The first-order valence-electron chi connectivity index (χ1n) is 11.9. The lowest BCUT2D eigenvalue weighted by molar-refractivity contribution is -0.127. The van der Waals surface area contributed by atoms with Gasteiger partial charge in [-0.3, -0.25) is 4.79 Å². The Morgan fingerprint density at radius 3 is 2.79 bits per heavy atom. The highest BCUT2D eigenvalue weighted by molar-refractivity contribution is 5.84. The third-order valence-corrected chi connectivity index (χ3v) is 6.96. The minimum absolute atomic E-state index is 0.147. The average molecular weight is 455 g/mol. The molecule has 1 amide bonds. The van der Waals surface area contributed by atoms with Crippen molar-refractivity contribution in [3.05, 3.63) is 35.6 Å². The summed E-state index contributed by atoms with van der Waals surface area (Å²) in [7, 11) is 0. The van der Waals surface area contributed by atoms with Crippen molar-refractivity contribution >= 4 is 16.8 Å². The van der Waals surface area contributed by atoms with Crippen LogP contribution in [0.2, 0.25) is 0 Å². The van der Waals surface area contributed by atoms with Gasteiger partial charge in [-0.15, -0.1) is 0 Å². The third-order valence-electron chi connectivity index (χ3n) is 6.96. The monoisotopic (exact) mass is 454 g/mol. The molecular formula is C24H31FN6O2. The summed E-state index contributed by atoms with van der Waals surface area (Å²) in [5.74, 6) is 1.81. The van der Waals surface area contributed by atoms with E-state index in [1.54, 1.807) is 13.0 Å². The van der Waals surface area contributed by atoms with Gasteiger partial charge in [0.1, 0.15) is 11.3 Å². The number of halogens is 1. The summed E-state index contributed by atoms with van der Waals surface area (Å²) >= 11 is 0. The summed E-state index contributed by atoms with van der Waals surface area (Å²) in [6, 6.07) is 5.01. The van der Waals surface area contributed by atoms with Gasteiger partial charge in [0.05, 0.1) is 5.69 Å². The molecule has 0 unspecified atom stereocenters. The van der Waals surface area contributed by atoms with E-state index in [2.05, 4.69) is 20.1 Å². The molecule has 9 heteroatoms. The Hall–Kier alpha value is -2.81. The fraction of sp³-hybridized carbons (Fsp3) is 0.583. The van der Waals surface area contributed by atoms with Crippen LogP contribution in [0.3, 0.4) is 0 Å². The molecule has 4 heterocycles. The van der Waals surface area contributed by atoms with Crippen molar-refractivity contribution in [2.75, 3.05) is 32.7 Å². The molecule has 2 aliphatic rings. The second kappa shape index (κ2) is 8.85. The Bertz CT molecular complexity index is 1160. The molecule has 2 aliphatic heterocycles. The molecular weight excluding hydrogens is 423 g/mol. The number of nitrogens with zero attached hydrogens (tertiary/aromatic N) is 6. The number of amides is 1. The van der Waals surface area contributed by atoms with Gasteiger partial charge in [0.25, 0.3) is 5.95 Å². The molecule has 2 fully saturated rings. The molecule has 3 aromatic rings. The summed E-state index contributed by atoms with van der Waals surface area (Å²) in [4.78, 5) is 20.6. The normalized spacial score (nSPS) is 21.7. The summed E-state index contributed by atoms with van der Waals surface area (Å²) in [6.45, 7) is 10.5. The zero-order valence-electron chi connectivity index (χ0n) is 19.5.